The van der Waals surface area contributed by atoms with Gasteiger partial charge in [0.2, 0.25) is 21.8 Å². The Morgan fingerprint density at radius 3 is 2.06 bits per heavy atom. The molecule has 0 radical (unpaired) electrons. The summed E-state index contributed by atoms with van der Waals surface area (Å²) < 4.78 is 44.2. The SMILES string of the molecule is CN(CC(=O)Nc1ccc(NC(=O)CN2CCOCC2)cc1)S(=O)(=O)c1ccc(F)cc1. The van der Waals surface area contributed by atoms with Crippen molar-refractivity contribution in [3.8, 4) is 0 Å². The molecule has 0 spiro atoms. The number of rotatable bonds is 8. The maximum atomic E-state index is 13.0. The van der Waals surface area contributed by atoms with Crippen LogP contribution in [0.3, 0.4) is 0 Å². The van der Waals surface area contributed by atoms with Gasteiger partial charge in [-0.3, -0.25) is 14.5 Å². The minimum absolute atomic E-state index is 0.105. The molecule has 1 aliphatic heterocycles. The van der Waals surface area contributed by atoms with Crippen LogP contribution in [0.4, 0.5) is 15.8 Å². The fraction of sp³-hybridized carbons (Fsp3) is 0.333. The number of ether oxygens (including phenoxy) is 1. The van der Waals surface area contributed by atoms with E-state index in [2.05, 4.69) is 10.6 Å². The molecule has 32 heavy (non-hydrogen) atoms. The minimum atomic E-state index is -3.93. The van der Waals surface area contributed by atoms with Crippen molar-refractivity contribution in [3.05, 3.63) is 54.3 Å². The molecule has 1 heterocycles. The molecule has 0 unspecified atom stereocenters. The molecule has 2 aromatic carbocycles. The molecule has 3 rings (SSSR count). The Balaban J connectivity index is 1.50. The zero-order valence-corrected chi connectivity index (χ0v) is 18.4. The number of amides is 2. The minimum Gasteiger partial charge on any atom is -0.379 e. The molecule has 0 bridgehead atoms. The standard InChI is InChI=1S/C21H25FN4O5S/c1-25(32(29,30)19-8-2-16(22)3-9-19)14-20(27)23-17-4-6-18(7-5-17)24-21(28)15-26-10-12-31-13-11-26/h2-9H,10-15H2,1H3,(H,23,27)(H,24,28). The number of likely N-dealkylation sites (N-methyl/N-ethyl adjacent to an activating group) is 1. The lowest BCUT2D eigenvalue weighted by Crippen LogP contribution is -2.41. The first-order valence-corrected chi connectivity index (χ1v) is 11.4. The first-order chi connectivity index (χ1) is 15.2. The Hall–Kier alpha value is -2.86. The average molecular weight is 465 g/mol. The van der Waals surface area contributed by atoms with Gasteiger partial charge in [-0.15, -0.1) is 0 Å². The van der Waals surface area contributed by atoms with E-state index in [1.807, 2.05) is 4.90 Å². The van der Waals surface area contributed by atoms with Crippen LogP contribution in [-0.2, 0) is 24.3 Å². The molecule has 1 aliphatic rings. The van der Waals surface area contributed by atoms with Crippen LogP contribution in [0.25, 0.3) is 0 Å². The summed E-state index contributed by atoms with van der Waals surface area (Å²) in [6.45, 7) is 2.51. The molecule has 0 saturated carbocycles. The summed E-state index contributed by atoms with van der Waals surface area (Å²) >= 11 is 0. The number of hydrogen-bond acceptors (Lipinski definition) is 6. The molecule has 2 aromatic rings. The Morgan fingerprint density at radius 1 is 0.969 bits per heavy atom. The van der Waals surface area contributed by atoms with E-state index in [9.17, 15) is 22.4 Å². The van der Waals surface area contributed by atoms with Gasteiger partial charge in [-0.2, -0.15) is 4.31 Å². The van der Waals surface area contributed by atoms with E-state index in [1.165, 1.54) is 7.05 Å². The van der Waals surface area contributed by atoms with Crippen molar-refractivity contribution >= 4 is 33.2 Å². The normalized spacial score (nSPS) is 14.8. The molecular weight excluding hydrogens is 439 g/mol. The van der Waals surface area contributed by atoms with Gasteiger partial charge in [0.1, 0.15) is 5.82 Å². The van der Waals surface area contributed by atoms with Crippen LogP contribution in [0.15, 0.2) is 53.4 Å². The van der Waals surface area contributed by atoms with E-state index in [0.29, 0.717) is 37.7 Å². The smallest absolute Gasteiger partial charge is 0.243 e. The molecule has 2 N–H and O–H groups in total. The maximum absolute atomic E-state index is 13.0. The molecule has 0 atom stereocenters. The van der Waals surface area contributed by atoms with Crippen molar-refractivity contribution in [3.63, 3.8) is 0 Å². The van der Waals surface area contributed by atoms with Gasteiger partial charge in [-0.25, -0.2) is 12.8 Å². The summed E-state index contributed by atoms with van der Waals surface area (Å²) in [5.74, 6) is -1.23. The van der Waals surface area contributed by atoms with Gasteiger partial charge in [0.25, 0.3) is 0 Å². The van der Waals surface area contributed by atoms with Crippen molar-refractivity contribution in [2.45, 2.75) is 4.90 Å². The second-order valence-corrected chi connectivity index (χ2v) is 9.32. The van der Waals surface area contributed by atoms with Crippen molar-refractivity contribution in [1.29, 1.82) is 0 Å². The third kappa shape index (κ3) is 6.57. The lowest BCUT2D eigenvalue weighted by molar-refractivity contribution is -0.118. The number of sulfonamides is 1. The number of anilines is 2. The molecule has 1 saturated heterocycles. The van der Waals surface area contributed by atoms with Crippen molar-refractivity contribution < 1.29 is 27.1 Å². The van der Waals surface area contributed by atoms with Gasteiger partial charge in [0.05, 0.1) is 31.2 Å². The number of carbonyl (C=O) groups is 2. The Bertz CT molecular complexity index is 1040. The van der Waals surface area contributed by atoms with E-state index in [0.717, 1.165) is 28.6 Å². The Morgan fingerprint density at radius 2 is 1.50 bits per heavy atom. The number of morpholine rings is 1. The van der Waals surface area contributed by atoms with Gasteiger partial charge in [-0.05, 0) is 48.5 Å². The third-order valence-corrected chi connectivity index (χ3v) is 6.63. The van der Waals surface area contributed by atoms with E-state index in [1.54, 1.807) is 24.3 Å². The molecular formula is C21H25FN4O5S. The number of halogens is 1. The highest BCUT2D eigenvalue weighted by Crippen LogP contribution is 2.16. The first-order valence-electron chi connectivity index (χ1n) is 9.96. The lowest BCUT2D eigenvalue weighted by atomic mass is 10.2. The third-order valence-electron chi connectivity index (χ3n) is 4.81. The zero-order chi connectivity index (χ0) is 23.1. The quantitative estimate of drug-likeness (QED) is 0.611. The first kappa shape index (κ1) is 23.8. The second kappa shape index (κ2) is 10.6. The number of benzene rings is 2. The maximum Gasteiger partial charge on any atom is 0.243 e. The summed E-state index contributed by atoms with van der Waals surface area (Å²) in [5, 5.41) is 5.41. The average Bonchev–Trinajstić information content (AvgIpc) is 2.76. The predicted octanol–water partition coefficient (Wildman–Crippen LogP) is 1.36. The van der Waals surface area contributed by atoms with Gasteiger partial charge in [0, 0.05) is 31.5 Å². The highest BCUT2D eigenvalue weighted by atomic mass is 32.2. The summed E-state index contributed by atoms with van der Waals surface area (Å²) in [7, 11) is -2.66. The van der Waals surface area contributed by atoms with Gasteiger partial charge in [0.15, 0.2) is 0 Å². The van der Waals surface area contributed by atoms with Crippen molar-refractivity contribution in [2.75, 3.05) is 57.1 Å². The summed E-state index contributed by atoms with van der Waals surface area (Å²) in [4.78, 5) is 26.3. The van der Waals surface area contributed by atoms with Crippen LogP contribution in [0.1, 0.15) is 0 Å². The molecule has 9 nitrogen and oxygen atoms in total. The summed E-state index contributed by atoms with van der Waals surface area (Å²) in [5.41, 5.74) is 1.03. The summed E-state index contributed by atoms with van der Waals surface area (Å²) in [6, 6.07) is 10.9. The number of carbonyl (C=O) groups excluding carboxylic acids is 2. The van der Waals surface area contributed by atoms with Crippen LogP contribution in [-0.4, -0.2) is 75.9 Å². The monoisotopic (exact) mass is 464 g/mol. The van der Waals surface area contributed by atoms with Crippen LogP contribution in [0.2, 0.25) is 0 Å². The molecule has 1 fully saturated rings. The number of nitrogens with zero attached hydrogens (tertiary/aromatic N) is 2. The molecule has 11 heteroatoms. The topological polar surface area (TPSA) is 108 Å². The summed E-state index contributed by atoms with van der Waals surface area (Å²) in [6.07, 6.45) is 0. The molecule has 172 valence electrons. The highest BCUT2D eigenvalue weighted by Gasteiger charge is 2.23. The van der Waals surface area contributed by atoms with Crippen molar-refractivity contribution in [2.24, 2.45) is 0 Å². The van der Waals surface area contributed by atoms with Crippen LogP contribution >= 0.6 is 0 Å². The van der Waals surface area contributed by atoms with Gasteiger partial charge in [-0.1, -0.05) is 0 Å². The van der Waals surface area contributed by atoms with E-state index in [4.69, 9.17) is 4.74 Å². The van der Waals surface area contributed by atoms with E-state index in [-0.39, 0.29) is 17.3 Å². The lowest BCUT2D eigenvalue weighted by Gasteiger charge is -2.25. The second-order valence-electron chi connectivity index (χ2n) is 7.28. The molecule has 2 amide bonds. The number of hydrogen-bond donors (Lipinski definition) is 2. The fourth-order valence-electron chi connectivity index (χ4n) is 3.07. The van der Waals surface area contributed by atoms with Gasteiger partial charge < -0.3 is 15.4 Å². The van der Waals surface area contributed by atoms with E-state index < -0.39 is 28.3 Å². The molecule has 0 aromatic heterocycles. The van der Waals surface area contributed by atoms with Crippen molar-refractivity contribution in [1.82, 2.24) is 9.21 Å². The van der Waals surface area contributed by atoms with Crippen LogP contribution in [0, 0.1) is 5.82 Å². The Kier molecular flexibility index (Phi) is 7.91. The zero-order valence-electron chi connectivity index (χ0n) is 17.6. The fourth-order valence-corrected chi connectivity index (χ4v) is 4.20. The van der Waals surface area contributed by atoms with E-state index >= 15 is 0 Å². The predicted molar refractivity (Wildman–Crippen MR) is 117 cm³/mol. The highest BCUT2D eigenvalue weighted by molar-refractivity contribution is 7.89. The van der Waals surface area contributed by atoms with Crippen LogP contribution < -0.4 is 10.6 Å². The number of nitrogens with one attached hydrogen (secondary N) is 2. The molecule has 0 aliphatic carbocycles. The largest absolute Gasteiger partial charge is 0.379 e. The van der Waals surface area contributed by atoms with Crippen LogP contribution in [0.5, 0.6) is 0 Å². The Labute approximate surface area is 186 Å². The van der Waals surface area contributed by atoms with Gasteiger partial charge >= 0.3 is 0 Å².